The van der Waals surface area contributed by atoms with Gasteiger partial charge < -0.3 is 36.7 Å². The highest BCUT2D eigenvalue weighted by Crippen LogP contribution is 2.68. The van der Waals surface area contributed by atoms with Crippen LogP contribution < -0.4 is 22.5 Å². The summed E-state index contributed by atoms with van der Waals surface area (Å²) in [5.41, 5.74) is 18.3. The highest BCUT2D eigenvalue weighted by molar-refractivity contribution is 5.13. The van der Waals surface area contributed by atoms with Crippen LogP contribution in [0.3, 0.4) is 0 Å². The molecule has 7 nitrogen and oxygen atoms in total. The van der Waals surface area contributed by atoms with Gasteiger partial charge in [0, 0.05) is 19.8 Å². The topological polar surface area (TPSA) is 118 Å². The average molecular weight is 747 g/mol. The van der Waals surface area contributed by atoms with Crippen molar-refractivity contribution < 1.29 is 14.2 Å². The van der Waals surface area contributed by atoms with Crippen LogP contribution in [0.4, 0.5) is 0 Å². The minimum Gasteiger partial charge on any atom is -0.378 e. The molecule has 0 aromatic carbocycles. The van der Waals surface area contributed by atoms with Gasteiger partial charge in [-0.25, -0.2) is 0 Å². The molecule has 0 spiro atoms. The number of nitrogens with two attached hydrogens (primary N) is 3. The summed E-state index contributed by atoms with van der Waals surface area (Å²) in [5.74, 6) is 4.12. The molecule has 4 fully saturated rings. The molecule has 4 saturated carbocycles. The van der Waals surface area contributed by atoms with Gasteiger partial charge in [0.2, 0.25) is 0 Å². The first-order valence-electron chi connectivity index (χ1n) is 23.5. The van der Waals surface area contributed by atoms with Gasteiger partial charge in [-0.05, 0) is 169 Å². The number of rotatable bonds is 28. The van der Waals surface area contributed by atoms with Crippen molar-refractivity contribution in [1.82, 2.24) is 5.32 Å². The zero-order valence-corrected chi connectivity index (χ0v) is 35.6. The Balaban J connectivity index is 1.37. The van der Waals surface area contributed by atoms with Crippen LogP contribution in [0.2, 0.25) is 0 Å². The number of hydrogen-bond donors (Lipinski definition) is 4. The fourth-order valence-electron chi connectivity index (χ4n) is 12.4. The molecule has 1 unspecified atom stereocenters. The second-order valence-corrected chi connectivity index (χ2v) is 18.9. The van der Waals surface area contributed by atoms with Crippen molar-refractivity contribution in [3.63, 3.8) is 0 Å². The first kappa shape index (κ1) is 45.4. The second kappa shape index (κ2) is 24.5. The minimum atomic E-state index is 0.207. The van der Waals surface area contributed by atoms with Crippen LogP contribution in [-0.2, 0) is 14.2 Å². The fraction of sp³-hybridized carbons (Fsp3) is 1.00. The van der Waals surface area contributed by atoms with Crippen LogP contribution in [0.1, 0.15) is 175 Å². The predicted octanol–water partition coefficient (Wildman–Crippen LogP) is 9.38. The lowest BCUT2D eigenvalue weighted by molar-refractivity contribution is -0.172. The number of unbranched alkanes of at least 4 members (excludes halogenated alkanes) is 9. The SMILES string of the molecule is CCCCCCCCCCCCNCCC[C@@H](C)[C@H]1CC[C@H]2[C@H]3CC(OCCCN)C[C@@H]4C[C@H](OCCCN)CC[C@]4(C)[C@H]3C[C@H](OCCCN)[C@]12C. The highest BCUT2D eigenvalue weighted by atomic mass is 16.5. The third kappa shape index (κ3) is 12.9. The molecule has 7 N–H and O–H groups in total. The standard InChI is InChI=1S/C46H90N4O3/c1-5-6-7-8-9-10-11-12-13-14-27-50-28-15-19-36(2)41-20-21-42-40-34-39(52-30-17-25-48)33-37-32-38(51-29-16-24-47)22-23-45(37,3)43(40)35-44(46(41,42)4)53-31-18-26-49/h36-44,50H,5-35,47-49H2,1-4H3/t36-,37+,38-,39?,40-,41-,42+,43+,44+,45+,46-/m1/s1. The lowest BCUT2D eigenvalue weighted by Gasteiger charge is -2.59. The van der Waals surface area contributed by atoms with Gasteiger partial charge >= 0.3 is 0 Å². The lowest BCUT2D eigenvalue weighted by atomic mass is 9.48. The second-order valence-electron chi connectivity index (χ2n) is 18.9. The minimum absolute atomic E-state index is 0.207. The first-order valence-corrected chi connectivity index (χ1v) is 23.5. The average Bonchev–Trinajstić information content (AvgIpc) is 3.46. The Morgan fingerprint density at radius 2 is 1.21 bits per heavy atom. The van der Waals surface area contributed by atoms with Gasteiger partial charge in [0.15, 0.2) is 0 Å². The van der Waals surface area contributed by atoms with Crippen LogP contribution >= 0.6 is 0 Å². The summed E-state index contributed by atoms with van der Waals surface area (Å²) in [6.07, 6.45) is 30.4. The molecule has 312 valence electrons. The van der Waals surface area contributed by atoms with Crippen molar-refractivity contribution in [2.45, 2.75) is 194 Å². The summed E-state index contributed by atoms with van der Waals surface area (Å²) in [6.45, 7) is 17.1. The molecule has 0 bridgehead atoms. The van der Waals surface area contributed by atoms with Crippen molar-refractivity contribution in [1.29, 1.82) is 0 Å². The van der Waals surface area contributed by atoms with E-state index in [-0.39, 0.29) is 5.41 Å². The van der Waals surface area contributed by atoms with E-state index in [2.05, 4.69) is 33.0 Å². The third-order valence-electron chi connectivity index (χ3n) is 15.5. The predicted molar refractivity (Wildman–Crippen MR) is 224 cm³/mol. The molecule has 0 aromatic heterocycles. The monoisotopic (exact) mass is 747 g/mol. The molecule has 4 rings (SSSR count). The first-order chi connectivity index (χ1) is 25.8. The van der Waals surface area contributed by atoms with Crippen LogP contribution in [0.15, 0.2) is 0 Å². The van der Waals surface area contributed by atoms with Gasteiger partial charge in [-0.3, -0.25) is 0 Å². The molecule has 0 saturated heterocycles. The van der Waals surface area contributed by atoms with Gasteiger partial charge in [-0.1, -0.05) is 85.5 Å². The molecule has 0 amide bonds. The van der Waals surface area contributed by atoms with E-state index in [1.54, 1.807) is 0 Å². The molecule has 4 aliphatic carbocycles. The largest absolute Gasteiger partial charge is 0.378 e. The van der Waals surface area contributed by atoms with E-state index < -0.39 is 0 Å². The molecular formula is C46H90N4O3. The van der Waals surface area contributed by atoms with E-state index in [4.69, 9.17) is 31.4 Å². The smallest absolute Gasteiger partial charge is 0.0637 e. The van der Waals surface area contributed by atoms with E-state index in [1.165, 1.54) is 129 Å². The summed E-state index contributed by atoms with van der Waals surface area (Å²) in [7, 11) is 0. The summed E-state index contributed by atoms with van der Waals surface area (Å²) in [6, 6.07) is 0. The van der Waals surface area contributed by atoms with Gasteiger partial charge in [0.1, 0.15) is 0 Å². The zero-order chi connectivity index (χ0) is 37.9. The zero-order valence-electron chi connectivity index (χ0n) is 35.6. The Kier molecular flexibility index (Phi) is 21.0. The van der Waals surface area contributed by atoms with E-state index in [0.717, 1.165) is 52.0 Å². The normalized spacial score (nSPS) is 34.7. The van der Waals surface area contributed by atoms with Crippen LogP contribution in [-0.4, -0.2) is 70.9 Å². The Labute approximate surface area is 328 Å². The summed E-state index contributed by atoms with van der Waals surface area (Å²) in [5, 5.41) is 3.81. The maximum atomic E-state index is 7.08. The number of hydrogen-bond acceptors (Lipinski definition) is 7. The fourth-order valence-corrected chi connectivity index (χ4v) is 12.4. The summed E-state index contributed by atoms with van der Waals surface area (Å²) < 4.78 is 20.3. The van der Waals surface area contributed by atoms with Gasteiger partial charge in [-0.2, -0.15) is 0 Å². The van der Waals surface area contributed by atoms with Crippen LogP contribution in [0, 0.1) is 46.3 Å². The quantitative estimate of drug-likeness (QED) is 0.0590. The number of nitrogens with one attached hydrogen (secondary N) is 1. The Bertz CT molecular complexity index is 956. The summed E-state index contributed by atoms with van der Waals surface area (Å²) in [4.78, 5) is 0. The Morgan fingerprint density at radius 3 is 1.87 bits per heavy atom. The van der Waals surface area contributed by atoms with Crippen LogP contribution in [0.25, 0.3) is 0 Å². The van der Waals surface area contributed by atoms with Gasteiger partial charge in [-0.15, -0.1) is 0 Å². The maximum Gasteiger partial charge on any atom is 0.0637 e. The van der Waals surface area contributed by atoms with Crippen molar-refractivity contribution in [2.24, 2.45) is 63.5 Å². The molecule has 11 atom stereocenters. The van der Waals surface area contributed by atoms with E-state index in [9.17, 15) is 0 Å². The van der Waals surface area contributed by atoms with Crippen LogP contribution in [0.5, 0.6) is 0 Å². The van der Waals surface area contributed by atoms with Crippen molar-refractivity contribution in [2.75, 3.05) is 52.5 Å². The molecular weight excluding hydrogens is 657 g/mol. The Morgan fingerprint density at radius 1 is 0.623 bits per heavy atom. The maximum absolute atomic E-state index is 7.08. The molecule has 0 heterocycles. The van der Waals surface area contributed by atoms with Crippen molar-refractivity contribution >= 4 is 0 Å². The van der Waals surface area contributed by atoms with Crippen molar-refractivity contribution in [3.05, 3.63) is 0 Å². The van der Waals surface area contributed by atoms with Crippen molar-refractivity contribution in [3.8, 4) is 0 Å². The summed E-state index contributed by atoms with van der Waals surface area (Å²) >= 11 is 0. The van der Waals surface area contributed by atoms with Gasteiger partial charge in [0.05, 0.1) is 18.3 Å². The highest BCUT2D eigenvalue weighted by Gasteiger charge is 2.64. The number of fused-ring (bicyclic) bond motifs is 5. The lowest BCUT2D eigenvalue weighted by Crippen LogP contribution is -2.57. The Hall–Kier alpha value is -0.280. The molecule has 7 heteroatoms. The van der Waals surface area contributed by atoms with E-state index in [1.807, 2.05) is 0 Å². The van der Waals surface area contributed by atoms with E-state index in [0.29, 0.717) is 78.9 Å². The molecule has 0 aliphatic heterocycles. The molecule has 0 aromatic rings. The van der Waals surface area contributed by atoms with E-state index >= 15 is 0 Å². The van der Waals surface area contributed by atoms with Gasteiger partial charge in [0.25, 0.3) is 0 Å². The molecule has 4 aliphatic rings. The molecule has 0 radical (unpaired) electrons. The number of ether oxygens (including phenoxy) is 3. The third-order valence-corrected chi connectivity index (χ3v) is 15.5. The molecule has 53 heavy (non-hydrogen) atoms.